The smallest absolute Gasteiger partial charge is 0.210 e. The average molecular weight is 188 g/mol. The molecule has 70 valence electrons. The Labute approximate surface area is 64.6 Å². The molecule has 0 N–H and O–H groups in total. The minimum atomic E-state index is -4.65. The van der Waals surface area contributed by atoms with Crippen LogP contribution in [0.1, 0.15) is 0 Å². The molecular formula is C5H5F5N2. The van der Waals surface area contributed by atoms with Crippen LogP contribution in [-0.2, 0) is 0 Å². The maximum atomic E-state index is 11.8. The first kappa shape index (κ1) is 9.21. The SMILES string of the molecule is FC(F)C1C=NN(C(F)(F)F)C1. The Hall–Kier alpha value is -0.880. The van der Waals surface area contributed by atoms with Gasteiger partial charge in [0.15, 0.2) is 0 Å². The summed E-state index contributed by atoms with van der Waals surface area (Å²) in [4.78, 5) is 0. The number of rotatable bonds is 1. The molecule has 0 amide bonds. The minimum absolute atomic E-state index is 0.302. The van der Waals surface area contributed by atoms with E-state index in [1.54, 1.807) is 0 Å². The van der Waals surface area contributed by atoms with Crippen molar-refractivity contribution < 1.29 is 22.0 Å². The molecule has 1 aliphatic rings. The maximum Gasteiger partial charge on any atom is 0.500 e. The minimum Gasteiger partial charge on any atom is -0.210 e. The molecule has 12 heavy (non-hydrogen) atoms. The van der Waals surface area contributed by atoms with Crippen molar-refractivity contribution in [3.05, 3.63) is 0 Å². The largest absolute Gasteiger partial charge is 0.500 e. The summed E-state index contributed by atoms with van der Waals surface area (Å²) < 4.78 is 58.9. The number of hydrogen-bond acceptors (Lipinski definition) is 2. The molecule has 1 rings (SSSR count). The molecule has 1 unspecified atom stereocenters. The van der Waals surface area contributed by atoms with E-state index in [0.717, 1.165) is 0 Å². The van der Waals surface area contributed by atoms with Crippen molar-refractivity contribution in [3.8, 4) is 0 Å². The molecule has 1 aliphatic heterocycles. The number of alkyl halides is 5. The van der Waals surface area contributed by atoms with Crippen LogP contribution in [0, 0.1) is 5.92 Å². The Morgan fingerprint density at radius 3 is 2.25 bits per heavy atom. The van der Waals surface area contributed by atoms with Gasteiger partial charge >= 0.3 is 6.30 Å². The van der Waals surface area contributed by atoms with Crippen molar-refractivity contribution in [2.24, 2.45) is 11.0 Å². The highest BCUT2D eigenvalue weighted by atomic mass is 19.4. The van der Waals surface area contributed by atoms with Crippen LogP contribution in [0.2, 0.25) is 0 Å². The van der Waals surface area contributed by atoms with E-state index in [0.29, 0.717) is 6.21 Å². The summed E-state index contributed by atoms with van der Waals surface area (Å²) in [6, 6.07) is 0. The van der Waals surface area contributed by atoms with Crippen LogP contribution in [-0.4, -0.2) is 30.5 Å². The van der Waals surface area contributed by atoms with Gasteiger partial charge in [0.25, 0.3) is 0 Å². The summed E-state index contributed by atoms with van der Waals surface area (Å²) in [5.74, 6) is -1.41. The molecule has 0 spiro atoms. The fourth-order valence-electron chi connectivity index (χ4n) is 0.774. The van der Waals surface area contributed by atoms with Gasteiger partial charge < -0.3 is 0 Å². The molecule has 0 saturated carbocycles. The molecule has 1 atom stereocenters. The molecule has 0 radical (unpaired) electrons. The summed E-state index contributed by atoms with van der Waals surface area (Å²) in [5, 5.41) is 2.51. The van der Waals surface area contributed by atoms with Gasteiger partial charge in [-0.2, -0.15) is 5.10 Å². The van der Waals surface area contributed by atoms with Crippen LogP contribution in [0.25, 0.3) is 0 Å². The second-order valence-corrected chi connectivity index (χ2v) is 2.31. The lowest BCUT2D eigenvalue weighted by molar-refractivity contribution is -0.245. The second kappa shape index (κ2) is 2.87. The molecule has 2 nitrogen and oxygen atoms in total. The monoisotopic (exact) mass is 188 g/mol. The first-order valence-electron chi connectivity index (χ1n) is 3.08. The zero-order valence-corrected chi connectivity index (χ0v) is 5.72. The summed E-state index contributed by atoms with van der Waals surface area (Å²) in [6.07, 6.45) is -6.82. The molecule has 0 aromatic heterocycles. The third-order valence-corrected chi connectivity index (χ3v) is 1.40. The van der Waals surface area contributed by atoms with E-state index in [4.69, 9.17) is 0 Å². The zero-order valence-electron chi connectivity index (χ0n) is 5.72. The fourth-order valence-corrected chi connectivity index (χ4v) is 0.774. The highest BCUT2D eigenvalue weighted by molar-refractivity contribution is 5.63. The van der Waals surface area contributed by atoms with Gasteiger partial charge in [-0.15, -0.1) is 13.2 Å². The molecule has 1 heterocycles. The van der Waals surface area contributed by atoms with Crippen LogP contribution in [0.5, 0.6) is 0 Å². The van der Waals surface area contributed by atoms with Gasteiger partial charge in [0.05, 0.1) is 12.5 Å². The van der Waals surface area contributed by atoms with Crippen LogP contribution >= 0.6 is 0 Å². The number of halogens is 5. The third-order valence-electron chi connectivity index (χ3n) is 1.40. The van der Waals surface area contributed by atoms with E-state index in [2.05, 4.69) is 5.10 Å². The normalized spacial score (nSPS) is 24.2. The van der Waals surface area contributed by atoms with E-state index in [-0.39, 0.29) is 5.01 Å². The molecule has 0 aliphatic carbocycles. The molecular weight excluding hydrogens is 183 g/mol. The summed E-state index contributed by atoms with van der Waals surface area (Å²) in [7, 11) is 0. The number of hydrazone groups is 1. The van der Waals surface area contributed by atoms with Crippen molar-refractivity contribution in [2.45, 2.75) is 12.7 Å². The molecule has 0 fully saturated rings. The summed E-state index contributed by atoms with van der Waals surface area (Å²) >= 11 is 0. The topological polar surface area (TPSA) is 15.6 Å². The highest BCUT2D eigenvalue weighted by Gasteiger charge is 2.42. The van der Waals surface area contributed by atoms with Crippen LogP contribution < -0.4 is 0 Å². The third kappa shape index (κ3) is 1.83. The number of nitrogens with zero attached hydrogens (tertiary/aromatic N) is 2. The Morgan fingerprint density at radius 2 is 2.00 bits per heavy atom. The predicted octanol–water partition coefficient (Wildman–Crippen LogP) is 1.69. The van der Waals surface area contributed by atoms with Crippen molar-refractivity contribution in [2.75, 3.05) is 6.54 Å². The lowest BCUT2D eigenvalue weighted by Crippen LogP contribution is -2.34. The van der Waals surface area contributed by atoms with E-state index in [1.165, 1.54) is 0 Å². The standard InChI is InChI=1S/C5H5F5N2/c6-4(7)3-1-11-12(2-3)5(8,9)10/h1,3-4H,2H2. The van der Waals surface area contributed by atoms with Gasteiger partial charge in [0.2, 0.25) is 6.43 Å². The van der Waals surface area contributed by atoms with Crippen molar-refractivity contribution in [3.63, 3.8) is 0 Å². The molecule has 7 heteroatoms. The summed E-state index contributed by atoms with van der Waals surface area (Å²) in [5.41, 5.74) is 0. The Morgan fingerprint density at radius 1 is 1.42 bits per heavy atom. The van der Waals surface area contributed by atoms with E-state index in [1.807, 2.05) is 0 Å². The van der Waals surface area contributed by atoms with Gasteiger partial charge in [-0.25, -0.2) is 13.8 Å². The predicted molar refractivity (Wildman–Crippen MR) is 30.7 cm³/mol. The lowest BCUT2D eigenvalue weighted by atomic mass is 10.2. The Kier molecular flexibility index (Phi) is 2.20. The van der Waals surface area contributed by atoms with Crippen molar-refractivity contribution >= 4 is 6.21 Å². The number of hydrogen-bond donors (Lipinski definition) is 0. The van der Waals surface area contributed by atoms with E-state index < -0.39 is 25.2 Å². The quantitative estimate of drug-likeness (QED) is 0.451. The average Bonchev–Trinajstić information content (AvgIpc) is 2.30. The molecule has 0 bridgehead atoms. The van der Waals surface area contributed by atoms with Crippen LogP contribution in [0.15, 0.2) is 5.10 Å². The highest BCUT2D eigenvalue weighted by Crippen LogP contribution is 2.27. The first-order chi connectivity index (χ1) is 5.41. The van der Waals surface area contributed by atoms with Gasteiger partial charge in [-0.05, 0) is 0 Å². The molecule has 0 aromatic rings. The van der Waals surface area contributed by atoms with Crippen LogP contribution in [0.3, 0.4) is 0 Å². The van der Waals surface area contributed by atoms with Crippen molar-refractivity contribution in [1.82, 2.24) is 5.01 Å². The van der Waals surface area contributed by atoms with E-state index >= 15 is 0 Å². The molecule has 0 aromatic carbocycles. The Bertz CT molecular complexity index is 187. The van der Waals surface area contributed by atoms with E-state index in [9.17, 15) is 22.0 Å². The molecule has 0 saturated heterocycles. The first-order valence-corrected chi connectivity index (χ1v) is 3.08. The zero-order chi connectivity index (χ0) is 9.35. The van der Waals surface area contributed by atoms with Gasteiger partial charge in [0, 0.05) is 6.21 Å². The fraction of sp³-hybridized carbons (Fsp3) is 0.800. The second-order valence-electron chi connectivity index (χ2n) is 2.31. The lowest BCUT2D eigenvalue weighted by Gasteiger charge is -2.17. The van der Waals surface area contributed by atoms with Gasteiger partial charge in [-0.3, -0.25) is 0 Å². The maximum absolute atomic E-state index is 11.8. The Balaban J connectivity index is 2.54. The van der Waals surface area contributed by atoms with Gasteiger partial charge in [0.1, 0.15) is 0 Å². The summed E-state index contributed by atoms with van der Waals surface area (Å²) in [6.45, 7) is -0.791. The van der Waals surface area contributed by atoms with Crippen molar-refractivity contribution in [1.29, 1.82) is 0 Å². The van der Waals surface area contributed by atoms with Crippen LogP contribution in [0.4, 0.5) is 22.0 Å². The van der Waals surface area contributed by atoms with Gasteiger partial charge in [-0.1, -0.05) is 0 Å².